The molecule has 0 heterocycles. The second kappa shape index (κ2) is 11.3. The van der Waals surface area contributed by atoms with Crippen molar-refractivity contribution in [1.82, 2.24) is 10.6 Å². The summed E-state index contributed by atoms with van der Waals surface area (Å²) in [6.45, 7) is 1.32. The summed E-state index contributed by atoms with van der Waals surface area (Å²) in [5.41, 5.74) is 2.28. The van der Waals surface area contributed by atoms with Gasteiger partial charge in [0.2, 0.25) is 0 Å². The van der Waals surface area contributed by atoms with Crippen LogP contribution in [0.3, 0.4) is 0 Å². The zero-order valence-corrected chi connectivity index (χ0v) is 16.9. The minimum absolute atomic E-state index is 0. The third-order valence-electron chi connectivity index (χ3n) is 3.51. The molecule has 6 heteroatoms. The zero-order chi connectivity index (χ0) is 16.5. The number of benzene rings is 2. The lowest BCUT2D eigenvalue weighted by molar-refractivity contribution is 0.106. The number of methoxy groups -OCH3 is 1. The molecule has 130 valence electrons. The van der Waals surface area contributed by atoms with E-state index in [1.807, 2.05) is 42.5 Å². The Morgan fingerprint density at radius 2 is 1.75 bits per heavy atom. The molecular formula is C18H23ClIN3O. The second-order valence-corrected chi connectivity index (χ2v) is 5.50. The van der Waals surface area contributed by atoms with Gasteiger partial charge < -0.3 is 15.4 Å². The Hall–Kier alpha value is -1.31. The van der Waals surface area contributed by atoms with Crippen LogP contribution < -0.4 is 10.6 Å². The van der Waals surface area contributed by atoms with Crippen LogP contribution in [0, 0.1) is 0 Å². The van der Waals surface area contributed by atoms with E-state index in [1.54, 1.807) is 14.2 Å². The van der Waals surface area contributed by atoms with Gasteiger partial charge in [-0.25, -0.2) is 0 Å². The zero-order valence-electron chi connectivity index (χ0n) is 13.8. The average molecular weight is 460 g/mol. The number of halogens is 2. The van der Waals surface area contributed by atoms with Crippen LogP contribution in [0.2, 0.25) is 5.02 Å². The van der Waals surface area contributed by atoms with Crippen molar-refractivity contribution in [2.24, 2.45) is 4.99 Å². The maximum absolute atomic E-state index is 5.89. The Morgan fingerprint density at radius 3 is 2.33 bits per heavy atom. The molecular weight excluding hydrogens is 437 g/mol. The Bertz CT molecular complexity index is 620. The number of hydrogen-bond acceptors (Lipinski definition) is 2. The molecule has 2 aromatic rings. The second-order valence-electron chi connectivity index (χ2n) is 5.07. The molecule has 0 bridgehead atoms. The van der Waals surface area contributed by atoms with E-state index in [0.29, 0.717) is 13.1 Å². The fourth-order valence-corrected chi connectivity index (χ4v) is 2.33. The molecule has 24 heavy (non-hydrogen) atoms. The first-order chi connectivity index (χ1) is 11.2. The van der Waals surface area contributed by atoms with Gasteiger partial charge in [-0.05, 0) is 23.3 Å². The summed E-state index contributed by atoms with van der Waals surface area (Å²) >= 11 is 5.89. The lowest BCUT2D eigenvalue weighted by Crippen LogP contribution is -2.39. The van der Waals surface area contributed by atoms with Gasteiger partial charge in [-0.2, -0.15) is 0 Å². The molecule has 0 aliphatic carbocycles. The molecule has 0 spiro atoms. The van der Waals surface area contributed by atoms with Crippen LogP contribution in [0.25, 0.3) is 0 Å². The molecule has 0 aromatic heterocycles. The van der Waals surface area contributed by atoms with Gasteiger partial charge in [-0.15, -0.1) is 24.0 Å². The molecule has 0 saturated heterocycles. The molecule has 4 nitrogen and oxygen atoms in total. The molecule has 0 saturated carbocycles. The first-order valence-electron chi connectivity index (χ1n) is 7.49. The van der Waals surface area contributed by atoms with Gasteiger partial charge in [0.05, 0.1) is 6.10 Å². The molecule has 2 aromatic carbocycles. The fourth-order valence-electron chi connectivity index (χ4n) is 2.20. The van der Waals surface area contributed by atoms with Crippen molar-refractivity contribution in [2.45, 2.75) is 12.6 Å². The standard InChI is InChI=1S/C18H22ClN3O.HI/c1-20-18(21-12-14-8-10-16(19)11-9-14)22-13-17(23-2)15-6-4-3-5-7-15;/h3-11,17H,12-13H2,1-2H3,(H2,20,21,22);1H. The van der Waals surface area contributed by atoms with Crippen LogP contribution in [-0.2, 0) is 11.3 Å². The minimum Gasteiger partial charge on any atom is -0.375 e. The molecule has 2 rings (SSSR count). The summed E-state index contributed by atoms with van der Waals surface area (Å²) in [5.74, 6) is 0.734. The van der Waals surface area contributed by atoms with Crippen LogP contribution >= 0.6 is 35.6 Å². The number of rotatable bonds is 6. The van der Waals surface area contributed by atoms with Crippen LogP contribution in [0.5, 0.6) is 0 Å². The van der Waals surface area contributed by atoms with Gasteiger partial charge in [0, 0.05) is 32.3 Å². The number of aliphatic imine (C=N–C) groups is 1. The van der Waals surface area contributed by atoms with E-state index in [4.69, 9.17) is 16.3 Å². The van der Waals surface area contributed by atoms with E-state index in [1.165, 1.54) is 0 Å². The Balaban J connectivity index is 0.00000288. The predicted octanol–water partition coefficient (Wildman–Crippen LogP) is 4.01. The third-order valence-corrected chi connectivity index (χ3v) is 3.76. The monoisotopic (exact) mass is 459 g/mol. The van der Waals surface area contributed by atoms with E-state index < -0.39 is 0 Å². The van der Waals surface area contributed by atoms with E-state index in [0.717, 1.165) is 22.1 Å². The third kappa shape index (κ3) is 6.67. The maximum Gasteiger partial charge on any atom is 0.191 e. The Labute approximate surface area is 165 Å². The summed E-state index contributed by atoms with van der Waals surface area (Å²) in [5, 5.41) is 7.30. The van der Waals surface area contributed by atoms with Crippen LogP contribution in [0.15, 0.2) is 59.6 Å². The van der Waals surface area contributed by atoms with Crippen molar-refractivity contribution in [3.63, 3.8) is 0 Å². The van der Waals surface area contributed by atoms with Crippen LogP contribution in [0.1, 0.15) is 17.2 Å². The quantitative estimate of drug-likeness (QED) is 0.390. The van der Waals surface area contributed by atoms with Gasteiger partial charge in [0.1, 0.15) is 0 Å². The summed E-state index contributed by atoms with van der Waals surface area (Å²) in [7, 11) is 3.46. The molecule has 0 aliphatic rings. The van der Waals surface area contributed by atoms with Crippen molar-refractivity contribution < 1.29 is 4.74 Å². The average Bonchev–Trinajstić information content (AvgIpc) is 2.60. The Morgan fingerprint density at radius 1 is 1.08 bits per heavy atom. The van der Waals surface area contributed by atoms with Gasteiger partial charge in [0.15, 0.2) is 5.96 Å². The van der Waals surface area contributed by atoms with E-state index in [9.17, 15) is 0 Å². The Kier molecular flexibility index (Phi) is 9.75. The molecule has 2 N–H and O–H groups in total. The molecule has 1 atom stereocenters. The summed E-state index contributed by atoms with van der Waals surface area (Å²) in [6.07, 6.45) is -0.0229. The molecule has 1 unspecified atom stereocenters. The number of hydrogen-bond donors (Lipinski definition) is 2. The van der Waals surface area contributed by atoms with Crippen molar-refractivity contribution in [1.29, 1.82) is 0 Å². The lowest BCUT2D eigenvalue weighted by Gasteiger charge is -2.18. The smallest absolute Gasteiger partial charge is 0.191 e. The van der Waals surface area contributed by atoms with Gasteiger partial charge >= 0.3 is 0 Å². The van der Waals surface area contributed by atoms with Crippen molar-refractivity contribution in [3.8, 4) is 0 Å². The highest BCUT2D eigenvalue weighted by Gasteiger charge is 2.10. The molecule has 0 radical (unpaired) electrons. The topological polar surface area (TPSA) is 45.7 Å². The van der Waals surface area contributed by atoms with E-state index >= 15 is 0 Å². The first kappa shape index (κ1) is 20.7. The highest BCUT2D eigenvalue weighted by Crippen LogP contribution is 2.14. The van der Waals surface area contributed by atoms with Crippen molar-refractivity contribution in [3.05, 3.63) is 70.7 Å². The number of guanidine groups is 1. The molecule has 0 fully saturated rings. The van der Waals surface area contributed by atoms with Crippen LogP contribution in [0.4, 0.5) is 0 Å². The predicted molar refractivity (Wildman–Crippen MR) is 111 cm³/mol. The lowest BCUT2D eigenvalue weighted by atomic mass is 10.1. The maximum atomic E-state index is 5.89. The first-order valence-corrected chi connectivity index (χ1v) is 7.87. The van der Waals surface area contributed by atoms with Crippen molar-refractivity contribution in [2.75, 3.05) is 20.7 Å². The van der Waals surface area contributed by atoms with Crippen LogP contribution in [-0.4, -0.2) is 26.7 Å². The van der Waals surface area contributed by atoms with Gasteiger partial charge in [-0.1, -0.05) is 54.1 Å². The summed E-state index contributed by atoms with van der Waals surface area (Å²) < 4.78 is 5.55. The highest BCUT2D eigenvalue weighted by molar-refractivity contribution is 14.0. The van der Waals surface area contributed by atoms with Gasteiger partial charge in [0.25, 0.3) is 0 Å². The minimum atomic E-state index is -0.0229. The number of nitrogens with one attached hydrogen (secondary N) is 2. The fraction of sp³-hybridized carbons (Fsp3) is 0.278. The van der Waals surface area contributed by atoms with E-state index in [2.05, 4.69) is 27.8 Å². The number of nitrogens with zero attached hydrogens (tertiary/aromatic N) is 1. The SMILES string of the molecule is CN=C(NCc1ccc(Cl)cc1)NCC(OC)c1ccccc1.I. The molecule has 0 amide bonds. The summed E-state index contributed by atoms with van der Waals surface area (Å²) in [6, 6.07) is 17.9. The molecule has 0 aliphatic heterocycles. The summed E-state index contributed by atoms with van der Waals surface area (Å²) in [4.78, 5) is 4.23. The van der Waals surface area contributed by atoms with Crippen molar-refractivity contribution >= 4 is 41.5 Å². The largest absolute Gasteiger partial charge is 0.375 e. The van der Waals surface area contributed by atoms with Gasteiger partial charge in [-0.3, -0.25) is 4.99 Å². The highest BCUT2D eigenvalue weighted by atomic mass is 127. The number of ether oxygens (including phenoxy) is 1. The normalized spacial score (nSPS) is 12.2. The van der Waals surface area contributed by atoms with E-state index in [-0.39, 0.29) is 30.1 Å².